The fourth-order valence-corrected chi connectivity index (χ4v) is 2.61. The third-order valence-corrected chi connectivity index (χ3v) is 3.51. The van der Waals surface area contributed by atoms with Gasteiger partial charge in [-0.15, -0.1) is 0 Å². The van der Waals surface area contributed by atoms with Crippen LogP contribution in [0, 0.1) is 6.07 Å². The number of nitrogens with zero attached hydrogens (tertiary/aromatic N) is 2. The van der Waals surface area contributed by atoms with Crippen molar-refractivity contribution in [2.45, 2.75) is 18.9 Å². The van der Waals surface area contributed by atoms with Crippen molar-refractivity contribution in [2.75, 3.05) is 18.0 Å². The summed E-state index contributed by atoms with van der Waals surface area (Å²) >= 11 is 0. The van der Waals surface area contributed by atoms with Crippen LogP contribution in [-0.2, 0) is 0 Å². The molecule has 2 nitrogen and oxygen atoms in total. The molecule has 1 atom stereocenters. The molecule has 1 saturated heterocycles. The molecule has 2 heteroatoms. The third-order valence-electron chi connectivity index (χ3n) is 3.51. The highest BCUT2D eigenvalue weighted by molar-refractivity contribution is 5.46. The highest BCUT2D eigenvalue weighted by Crippen LogP contribution is 2.25. The van der Waals surface area contributed by atoms with Gasteiger partial charge < -0.3 is 9.47 Å². The summed E-state index contributed by atoms with van der Waals surface area (Å²) in [6.45, 7) is 2.28. The van der Waals surface area contributed by atoms with Crippen LogP contribution in [0.4, 0.5) is 5.69 Å². The maximum absolute atomic E-state index is 3.08. The first-order chi connectivity index (χ1) is 8.43. The zero-order valence-electron chi connectivity index (χ0n) is 9.92. The second kappa shape index (κ2) is 4.66. The Labute approximate surface area is 102 Å². The molecule has 3 rings (SSSR count). The fraction of sp³-hybridized carbons (Fsp3) is 0.333. The van der Waals surface area contributed by atoms with Gasteiger partial charge in [0.15, 0.2) is 0 Å². The Balaban J connectivity index is 1.76. The number of aromatic nitrogens is 1. The molecule has 1 fully saturated rings. The van der Waals surface area contributed by atoms with Crippen LogP contribution in [0.2, 0.25) is 0 Å². The van der Waals surface area contributed by atoms with E-state index in [0.29, 0.717) is 6.04 Å². The van der Waals surface area contributed by atoms with Gasteiger partial charge in [-0.2, -0.15) is 0 Å². The van der Waals surface area contributed by atoms with Crippen LogP contribution in [0.5, 0.6) is 0 Å². The molecular formula is C15H17N2. The van der Waals surface area contributed by atoms with Crippen LogP contribution in [0.3, 0.4) is 0 Å². The molecule has 0 bridgehead atoms. The van der Waals surface area contributed by atoms with E-state index >= 15 is 0 Å². The van der Waals surface area contributed by atoms with E-state index in [-0.39, 0.29) is 0 Å². The van der Waals surface area contributed by atoms with E-state index in [1.165, 1.54) is 25.1 Å². The summed E-state index contributed by atoms with van der Waals surface area (Å²) in [6, 6.07) is 16.2. The second-order valence-corrected chi connectivity index (χ2v) is 4.63. The molecule has 0 N–H and O–H groups in total. The second-order valence-electron chi connectivity index (χ2n) is 4.63. The molecule has 0 amide bonds. The number of hydrogen-bond acceptors (Lipinski definition) is 1. The summed E-state index contributed by atoms with van der Waals surface area (Å²) in [5.41, 5.74) is 1.32. The van der Waals surface area contributed by atoms with Crippen molar-refractivity contribution in [3.05, 3.63) is 54.9 Å². The predicted molar refractivity (Wildman–Crippen MR) is 70.2 cm³/mol. The standard InChI is InChI=1S/C15H17N2/c1-2-7-14(8-3-1)17-12-6-9-15(13-17)16-10-4-5-11-16/h2-5,7-8,10-11,15H,6,9,12-13H2. The lowest BCUT2D eigenvalue weighted by molar-refractivity contribution is 0.406. The molecule has 87 valence electrons. The normalized spacial score (nSPS) is 20.5. The number of piperidine rings is 1. The van der Waals surface area contributed by atoms with Gasteiger partial charge in [0.25, 0.3) is 0 Å². The van der Waals surface area contributed by atoms with Crippen LogP contribution in [0.15, 0.2) is 48.8 Å². The summed E-state index contributed by atoms with van der Waals surface area (Å²) < 4.78 is 2.33. The Morgan fingerprint density at radius 1 is 1.12 bits per heavy atom. The van der Waals surface area contributed by atoms with E-state index in [2.05, 4.69) is 52.2 Å². The van der Waals surface area contributed by atoms with Gasteiger partial charge in [0.05, 0.1) is 6.04 Å². The Hall–Kier alpha value is -1.70. The van der Waals surface area contributed by atoms with E-state index in [9.17, 15) is 0 Å². The molecule has 2 aromatic rings. The summed E-state index contributed by atoms with van der Waals surface area (Å²) in [7, 11) is 0. The predicted octanol–water partition coefficient (Wildman–Crippen LogP) is 3.13. The van der Waals surface area contributed by atoms with Crippen LogP contribution in [-0.4, -0.2) is 17.7 Å². The van der Waals surface area contributed by atoms with E-state index in [1.54, 1.807) is 0 Å². The molecular weight excluding hydrogens is 208 g/mol. The molecule has 1 aliphatic heterocycles. The fourth-order valence-electron chi connectivity index (χ4n) is 2.61. The van der Waals surface area contributed by atoms with Gasteiger partial charge in [-0.1, -0.05) is 12.1 Å². The van der Waals surface area contributed by atoms with Gasteiger partial charge in [0, 0.05) is 31.2 Å². The number of rotatable bonds is 2. The summed E-state index contributed by atoms with van der Waals surface area (Å²) in [4.78, 5) is 2.47. The monoisotopic (exact) mass is 225 g/mol. The summed E-state index contributed by atoms with van der Waals surface area (Å²) in [5.74, 6) is 0. The van der Waals surface area contributed by atoms with Crippen molar-refractivity contribution in [2.24, 2.45) is 0 Å². The average Bonchev–Trinajstić information content (AvgIpc) is 2.94. The number of anilines is 1. The lowest BCUT2D eigenvalue weighted by Crippen LogP contribution is -2.36. The van der Waals surface area contributed by atoms with Crippen LogP contribution < -0.4 is 4.90 Å². The Kier molecular flexibility index (Phi) is 2.87. The van der Waals surface area contributed by atoms with Crippen molar-refractivity contribution in [1.29, 1.82) is 0 Å². The van der Waals surface area contributed by atoms with Crippen molar-refractivity contribution in [3.8, 4) is 0 Å². The quantitative estimate of drug-likeness (QED) is 0.762. The van der Waals surface area contributed by atoms with E-state index in [0.717, 1.165) is 6.54 Å². The molecule has 0 spiro atoms. The van der Waals surface area contributed by atoms with E-state index < -0.39 is 0 Å². The maximum atomic E-state index is 3.08. The molecule has 2 heterocycles. The van der Waals surface area contributed by atoms with Gasteiger partial charge in [0.2, 0.25) is 0 Å². The van der Waals surface area contributed by atoms with Gasteiger partial charge in [-0.25, -0.2) is 0 Å². The average molecular weight is 225 g/mol. The van der Waals surface area contributed by atoms with Crippen molar-refractivity contribution in [1.82, 2.24) is 4.57 Å². The van der Waals surface area contributed by atoms with Gasteiger partial charge in [0.1, 0.15) is 0 Å². The minimum atomic E-state index is 0.614. The van der Waals surface area contributed by atoms with Crippen molar-refractivity contribution >= 4 is 5.69 Å². The zero-order chi connectivity index (χ0) is 11.5. The highest BCUT2D eigenvalue weighted by atomic mass is 15.2. The maximum Gasteiger partial charge on any atom is 0.0506 e. The minimum absolute atomic E-state index is 0.614. The number of benzene rings is 1. The SMILES string of the molecule is [c]1ccc(N2CCCC(n3cccc3)C2)cc1. The van der Waals surface area contributed by atoms with Gasteiger partial charge in [-0.05, 0) is 43.2 Å². The Morgan fingerprint density at radius 2 is 1.88 bits per heavy atom. The largest absolute Gasteiger partial charge is 0.369 e. The minimum Gasteiger partial charge on any atom is -0.369 e. The first-order valence-electron chi connectivity index (χ1n) is 6.27. The summed E-state index contributed by atoms with van der Waals surface area (Å²) in [5, 5.41) is 0. The molecule has 1 aromatic heterocycles. The molecule has 0 saturated carbocycles. The Morgan fingerprint density at radius 3 is 2.65 bits per heavy atom. The zero-order valence-corrected chi connectivity index (χ0v) is 9.92. The molecule has 1 radical (unpaired) electrons. The first-order valence-corrected chi connectivity index (χ1v) is 6.27. The summed E-state index contributed by atoms with van der Waals surface area (Å²) in [6.07, 6.45) is 6.89. The highest BCUT2D eigenvalue weighted by Gasteiger charge is 2.20. The molecule has 17 heavy (non-hydrogen) atoms. The van der Waals surface area contributed by atoms with E-state index in [4.69, 9.17) is 0 Å². The van der Waals surface area contributed by atoms with Crippen LogP contribution in [0.25, 0.3) is 0 Å². The molecule has 1 aliphatic rings. The number of hydrogen-bond donors (Lipinski definition) is 0. The van der Waals surface area contributed by atoms with Crippen LogP contribution in [0.1, 0.15) is 18.9 Å². The van der Waals surface area contributed by atoms with Crippen molar-refractivity contribution < 1.29 is 0 Å². The lowest BCUT2D eigenvalue weighted by Gasteiger charge is -2.35. The van der Waals surface area contributed by atoms with Crippen LogP contribution >= 0.6 is 0 Å². The van der Waals surface area contributed by atoms with Crippen molar-refractivity contribution in [3.63, 3.8) is 0 Å². The Bertz CT molecular complexity index is 447. The first kappa shape index (κ1) is 10.5. The molecule has 1 unspecified atom stereocenters. The van der Waals surface area contributed by atoms with Gasteiger partial charge >= 0.3 is 0 Å². The van der Waals surface area contributed by atoms with Gasteiger partial charge in [-0.3, -0.25) is 0 Å². The van der Waals surface area contributed by atoms with E-state index in [1.807, 2.05) is 12.1 Å². The topological polar surface area (TPSA) is 8.17 Å². The smallest absolute Gasteiger partial charge is 0.0506 e. The third kappa shape index (κ3) is 2.21. The molecule has 0 aliphatic carbocycles. The lowest BCUT2D eigenvalue weighted by atomic mass is 10.0. The molecule has 1 aromatic carbocycles.